The van der Waals surface area contributed by atoms with Crippen molar-refractivity contribution in [3.63, 3.8) is 0 Å². The van der Waals surface area contributed by atoms with Gasteiger partial charge in [-0.15, -0.1) is 5.54 Å². The van der Waals surface area contributed by atoms with Crippen LogP contribution >= 0.6 is 0 Å². The van der Waals surface area contributed by atoms with E-state index >= 15 is 0 Å². The molecule has 1 heterocycles. The Hall–Kier alpha value is -3.68. The highest BCUT2D eigenvalue weighted by atomic mass is 28.3. The van der Waals surface area contributed by atoms with Crippen molar-refractivity contribution < 1.29 is 9.59 Å². The van der Waals surface area contributed by atoms with Crippen LogP contribution in [-0.2, 0) is 0 Å². The molecule has 1 aliphatic rings. The number of hydrogen-bond donors (Lipinski definition) is 0. The van der Waals surface area contributed by atoms with E-state index in [0.29, 0.717) is 40.2 Å². The number of carbonyl (C=O) groups excluding carboxylic acids is 2. The molecule has 0 spiro atoms. The SMILES string of the molecule is CCCCC(CC)CN1C(=O)c2ccc3c4cccc5c(C#C[Si](C(C)C)(C(C)C)C(C)C)ccc(c6ccc(c2c36)C1=O)c54. The maximum absolute atomic E-state index is 13.9. The fourth-order valence-electron chi connectivity index (χ4n) is 8.60. The Balaban J connectivity index is 1.55. The number of unbranched alkanes of at least 4 members (excludes halogenated alkanes) is 1. The van der Waals surface area contributed by atoms with Crippen LogP contribution in [0.3, 0.4) is 0 Å². The standard InChI is InChI=1S/C41H47NO2Si/c1-9-11-13-28(10-2)24-42-40(43)35-20-18-33-31-15-12-14-30-29(22-23-45(25(3)4,26(5)6)27(7)8)16-17-32(37(30)31)34-19-21-36(41(42)44)39(35)38(33)34/h12,14-21,25-28H,9-11,13,24H2,1-8H3. The molecule has 5 aromatic carbocycles. The molecule has 6 rings (SSSR count). The van der Waals surface area contributed by atoms with Gasteiger partial charge in [0, 0.05) is 28.6 Å². The summed E-state index contributed by atoms with van der Waals surface area (Å²) >= 11 is 0. The van der Waals surface area contributed by atoms with Gasteiger partial charge in [0.05, 0.1) is 0 Å². The van der Waals surface area contributed by atoms with Crippen LogP contribution in [0.5, 0.6) is 0 Å². The van der Waals surface area contributed by atoms with E-state index in [1.165, 1.54) is 15.7 Å². The molecule has 2 amide bonds. The molecule has 4 heteroatoms. The predicted octanol–water partition coefficient (Wildman–Crippen LogP) is 11.1. The summed E-state index contributed by atoms with van der Waals surface area (Å²) in [4.78, 5) is 29.4. The smallest absolute Gasteiger partial charge is 0.261 e. The van der Waals surface area contributed by atoms with Crippen molar-refractivity contribution in [2.75, 3.05) is 6.54 Å². The van der Waals surface area contributed by atoms with Crippen LogP contribution in [0.25, 0.3) is 43.1 Å². The Labute approximate surface area is 269 Å². The maximum atomic E-state index is 13.9. The molecule has 0 radical (unpaired) electrons. The number of rotatable bonds is 9. The highest BCUT2D eigenvalue weighted by Gasteiger charge is 2.42. The van der Waals surface area contributed by atoms with Crippen LogP contribution in [0, 0.1) is 17.4 Å². The molecule has 1 unspecified atom stereocenters. The van der Waals surface area contributed by atoms with E-state index in [4.69, 9.17) is 0 Å². The highest BCUT2D eigenvalue weighted by molar-refractivity contribution is 6.90. The summed E-state index contributed by atoms with van der Waals surface area (Å²) in [6, 6.07) is 19.1. The van der Waals surface area contributed by atoms with Crippen molar-refractivity contribution in [2.24, 2.45) is 5.92 Å². The summed E-state index contributed by atoms with van der Waals surface area (Å²) in [6.07, 6.45) is 4.22. The second kappa shape index (κ2) is 11.9. The van der Waals surface area contributed by atoms with Gasteiger partial charge in [0.2, 0.25) is 0 Å². The maximum Gasteiger partial charge on any atom is 0.261 e. The van der Waals surface area contributed by atoms with Crippen molar-refractivity contribution in [1.29, 1.82) is 0 Å². The molecule has 0 aromatic heterocycles. The summed E-state index contributed by atoms with van der Waals surface area (Å²) in [7, 11) is -1.89. The Morgan fingerprint density at radius 2 is 1.20 bits per heavy atom. The van der Waals surface area contributed by atoms with Crippen LogP contribution in [-0.4, -0.2) is 31.3 Å². The summed E-state index contributed by atoms with van der Waals surface area (Å²) in [5.41, 5.74) is 8.02. The molecular weight excluding hydrogens is 567 g/mol. The molecule has 5 aromatic rings. The minimum Gasteiger partial charge on any atom is -0.274 e. The van der Waals surface area contributed by atoms with Crippen molar-refractivity contribution in [3.8, 4) is 11.5 Å². The van der Waals surface area contributed by atoms with Crippen molar-refractivity contribution in [2.45, 2.75) is 97.7 Å². The normalized spacial score (nSPS) is 14.6. The van der Waals surface area contributed by atoms with Gasteiger partial charge >= 0.3 is 0 Å². The number of amides is 2. The Morgan fingerprint density at radius 3 is 1.76 bits per heavy atom. The van der Waals surface area contributed by atoms with Gasteiger partial charge in [0.25, 0.3) is 11.8 Å². The third-order valence-corrected chi connectivity index (χ3v) is 17.3. The summed E-state index contributed by atoms with van der Waals surface area (Å²) in [6.45, 7) is 19.0. The third kappa shape index (κ3) is 4.78. The van der Waals surface area contributed by atoms with Crippen LogP contribution in [0.2, 0.25) is 16.6 Å². The second-order valence-electron chi connectivity index (χ2n) is 14.2. The summed E-state index contributed by atoms with van der Waals surface area (Å²) in [5, 5.41) is 8.69. The molecule has 0 saturated heterocycles. The monoisotopic (exact) mass is 613 g/mol. The van der Waals surface area contributed by atoms with E-state index in [9.17, 15) is 9.59 Å². The molecule has 232 valence electrons. The van der Waals surface area contributed by atoms with Gasteiger partial charge in [-0.25, -0.2) is 0 Å². The molecule has 0 N–H and O–H groups in total. The predicted molar refractivity (Wildman–Crippen MR) is 194 cm³/mol. The number of benzene rings is 5. The molecule has 0 fully saturated rings. The van der Waals surface area contributed by atoms with Crippen molar-refractivity contribution in [3.05, 3.63) is 71.3 Å². The molecule has 0 aliphatic carbocycles. The molecule has 1 atom stereocenters. The molecule has 1 aliphatic heterocycles. The van der Waals surface area contributed by atoms with Crippen LogP contribution < -0.4 is 0 Å². The van der Waals surface area contributed by atoms with Gasteiger partial charge < -0.3 is 0 Å². The lowest BCUT2D eigenvalue weighted by Crippen LogP contribution is -2.43. The average molecular weight is 614 g/mol. The first-order valence-electron chi connectivity index (χ1n) is 17.1. The third-order valence-electron chi connectivity index (χ3n) is 11.0. The average Bonchev–Trinajstić information content (AvgIpc) is 3.02. The van der Waals surface area contributed by atoms with E-state index < -0.39 is 8.07 Å². The largest absolute Gasteiger partial charge is 0.274 e. The first kappa shape index (κ1) is 31.3. The van der Waals surface area contributed by atoms with Crippen molar-refractivity contribution >= 4 is 63.0 Å². The fraction of sp³-hybridized carbons (Fsp3) is 0.415. The number of fused-ring (bicyclic) bond motifs is 2. The van der Waals surface area contributed by atoms with Crippen LogP contribution in [0.15, 0.2) is 54.6 Å². The van der Waals surface area contributed by atoms with Gasteiger partial charge in [-0.05, 0) is 84.9 Å². The van der Waals surface area contributed by atoms with E-state index in [1.807, 2.05) is 12.1 Å². The summed E-state index contributed by atoms with van der Waals surface area (Å²) in [5.74, 6) is 3.73. The highest BCUT2D eigenvalue weighted by Crippen LogP contribution is 2.45. The van der Waals surface area contributed by atoms with Gasteiger partial charge in [0.1, 0.15) is 8.07 Å². The minimum absolute atomic E-state index is 0.158. The van der Waals surface area contributed by atoms with E-state index in [0.717, 1.165) is 63.6 Å². The van der Waals surface area contributed by atoms with E-state index in [1.54, 1.807) is 0 Å². The zero-order valence-corrected chi connectivity index (χ0v) is 29.3. The van der Waals surface area contributed by atoms with Gasteiger partial charge in [0.15, 0.2) is 0 Å². The molecular formula is C41H47NO2Si. The van der Waals surface area contributed by atoms with E-state index in [-0.39, 0.29) is 11.8 Å². The number of nitrogens with zero attached hydrogens (tertiary/aromatic N) is 1. The lowest BCUT2D eigenvalue weighted by Gasteiger charge is -2.38. The first-order chi connectivity index (χ1) is 21.6. The molecule has 3 nitrogen and oxygen atoms in total. The second-order valence-corrected chi connectivity index (χ2v) is 19.8. The summed E-state index contributed by atoms with van der Waals surface area (Å²) < 4.78 is 0. The Kier molecular flexibility index (Phi) is 8.29. The zero-order valence-electron chi connectivity index (χ0n) is 28.3. The van der Waals surface area contributed by atoms with Crippen LogP contribution in [0.4, 0.5) is 0 Å². The Morgan fingerprint density at radius 1 is 0.667 bits per heavy atom. The first-order valence-corrected chi connectivity index (χ1v) is 19.3. The zero-order chi connectivity index (χ0) is 32.2. The number of carbonyl (C=O) groups is 2. The number of hydrogen-bond acceptors (Lipinski definition) is 2. The Bertz CT molecular complexity index is 1920. The molecule has 0 saturated carbocycles. The quantitative estimate of drug-likeness (QED) is 0.0545. The number of imide groups is 1. The van der Waals surface area contributed by atoms with Gasteiger partial charge in [-0.2, -0.15) is 0 Å². The fourth-order valence-corrected chi connectivity index (χ4v) is 13.8. The topological polar surface area (TPSA) is 37.4 Å². The van der Waals surface area contributed by atoms with Gasteiger partial charge in [-0.1, -0.05) is 117 Å². The van der Waals surface area contributed by atoms with Crippen molar-refractivity contribution in [1.82, 2.24) is 4.90 Å². The van der Waals surface area contributed by atoms with Gasteiger partial charge in [-0.3, -0.25) is 14.5 Å². The minimum atomic E-state index is -1.89. The molecule has 45 heavy (non-hydrogen) atoms. The molecule has 0 bridgehead atoms. The lowest BCUT2D eigenvalue weighted by molar-refractivity contribution is 0.0580. The van der Waals surface area contributed by atoms with E-state index in [2.05, 4.69) is 109 Å². The van der Waals surface area contributed by atoms with Crippen LogP contribution in [0.1, 0.15) is 107 Å². The lowest BCUT2D eigenvalue weighted by atomic mass is 9.84.